The van der Waals surface area contributed by atoms with Crippen LogP contribution in [0.2, 0.25) is 0 Å². The highest BCUT2D eigenvalue weighted by molar-refractivity contribution is 5.92. The van der Waals surface area contributed by atoms with Gasteiger partial charge in [0.05, 0.1) is 11.6 Å². The maximum atomic E-state index is 12.5. The Morgan fingerprint density at radius 3 is 2.85 bits per heavy atom. The Hall–Kier alpha value is -3.08. The maximum absolute atomic E-state index is 12.5. The van der Waals surface area contributed by atoms with E-state index < -0.39 is 0 Å². The van der Waals surface area contributed by atoms with Gasteiger partial charge in [-0.15, -0.1) is 17.4 Å². The summed E-state index contributed by atoms with van der Waals surface area (Å²) >= 11 is 0. The molecule has 1 N–H and O–H groups in total. The number of terminal acetylenes is 1. The van der Waals surface area contributed by atoms with Gasteiger partial charge in [-0.25, -0.2) is 4.68 Å². The zero-order chi connectivity index (χ0) is 18.9. The quantitative estimate of drug-likeness (QED) is 0.735. The van der Waals surface area contributed by atoms with E-state index in [1.54, 1.807) is 34.1 Å². The maximum Gasteiger partial charge on any atom is 0.289 e. The molecule has 0 spiro atoms. The number of hydrogen-bond donors (Lipinski definition) is 1. The standard InChI is InChI=1S/C19H21N5O3/c1-2-5-19(6-7-19)18(26)20-10-14-11-23(12-14)17(25)16-4-3-15(27-16)13-24-9-8-21-22-24/h1,3-4,8-9,14H,5-7,10-13H2,(H,20,26). The Balaban J connectivity index is 1.23. The summed E-state index contributed by atoms with van der Waals surface area (Å²) in [6, 6.07) is 3.45. The second-order valence-electron chi connectivity index (χ2n) is 7.31. The molecule has 0 radical (unpaired) electrons. The fraction of sp³-hybridized carbons (Fsp3) is 0.474. The van der Waals surface area contributed by atoms with Crippen molar-refractivity contribution in [3.05, 3.63) is 36.0 Å². The minimum absolute atomic E-state index is 0.0500. The van der Waals surface area contributed by atoms with E-state index in [4.69, 9.17) is 10.8 Å². The lowest BCUT2D eigenvalue weighted by molar-refractivity contribution is -0.126. The number of hydrogen-bond acceptors (Lipinski definition) is 5. The van der Waals surface area contributed by atoms with Crippen LogP contribution < -0.4 is 5.32 Å². The van der Waals surface area contributed by atoms with Crippen LogP contribution in [0.3, 0.4) is 0 Å². The summed E-state index contributed by atoms with van der Waals surface area (Å²) in [5.74, 6) is 3.74. The number of carbonyl (C=O) groups excluding carboxylic acids is 2. The van der Waals surface area contributed by atoms with Gasteiger partial charge < -0.3 is 14.6 Å². The summed E-state index contributed by atoms with van der Waals surface area (Å²) < 4.78 is 7.25. The van der Waals surface area contributed by atoms with Gasteiger partial charge in [0.1, 0.15) is 12.3 Å². The largest absolute Gasteiger partial charge is 0.454 e. The van der Waals surface area contributed by atoms with Gasteiger partial charge in [-0.3, -0.25) is 9.59 Å². The van der Waals surface area contributed by atoms with Crippen molar-refractivity contribution in [3.8, 4) is 12.3 Å². The lowest BCUT2D eigenvalue weighted by Crippen LogP contribution is -2.54. The third-order valence-corrected chi connectivity index (χ3v) is 5.23. The molecule has 1 aliphatic heterocycles. The third kappa shape index (κ3) is 3.58. The lowest BCUT2D eigenvalue weighted by Gasteiger charge is -2.39. The number of nitrogens with one attached hydrogen (secondary N) is 1. The zero-order valence-electron chi connectivity index (χ0n) is 14.9. The van der Waals surface area contributed by atoms with E-state index >= 15 is 0 Å². The molecule has 140 valence electrons. The van der Waals surface area contributed by atoms with Crippen LogP contribution >= 0.6 is 0 Å². The predicted octanol–water partition coefficient (Wildman–Crippen LogP) is 0.911. The van der Waals surface area contributed by atoms with Gasteiger partial charge >= 0.3 is 0 Å². The highest BCUT2D eigenvalue weighted by atomic mass is 16.4. The topological polar surface area (TPSA) is 93.3 Å². The van der Waals surface area contributed by atoms with E-state index in [1.807, 2.05) is 0 Å². The van der Waals surface area contributed by atoms with Gasteiger partial charge in [-0.1, -0.05) is 5.21 Å². The van der Waals surface area contributed by atoms with E-state index in [9.17, 15) is 9.59 Å². The summed E-state index contributed by atoms with van der Waals surface area (Å²) in [6.07, 6.45) is 10.9. The average Bonchev–Trinajstić information content (AvgIpc) is 3.03. The first-order valence-corrected chi connectivity index (χ1v) is 9.03. The van der Waals surface area contributed by atoms with Gasteiger partial charge in [-0.05, 0) is 25.0 Å². The highest BCUT2D eigenvalue weighted by Crippen LogP contribution is 2.48. The van der Waals surface area contributed by atoms with Crippen LogP contribution in [0.1, 0.15) is 35.6 Å². The Labute approximate surface area is 156 Å². The van der Waals surface area contributed by atoms with Crippen LogP contribution in [0, 0.1) is 23.7 Å². The van der Waals surface area contributed by atoms with E-state index in [0.717, 1.165) is 12.8 Å². The Bertz CT molecular complexity index is 870. The molecular weight excluding hydrogens is 346 g/mol. The van der Waals surface area contributed by atoms with Gasteiger partial charge in [0.2, 0.25) is 5.91 Å². The average molecular weight is 367 g/mol. The van der Waals surface area contributed by atoms with Crippen molar-refractivity contribution >= 4 is 11.8 Å². The summed E-state index contributed by atoms with van der Waals surface area (Å²) in [4.78, 5) is 26.4. The van der Waals surface area contributed by atoms with Crippen LogP contribution in [0.15, 0.2) is 28.9 Å². The fourth-order valence-corrected chi connectivity index (χ4v) is 3.33. The molecule has 2 amide bonds. The van der Waals surface area contributed by atoms with Crippen molar-refractivity contribution in [2.24, 2.45) is 11.3 Å². The second-order valence-corrected chi connectivity index (χ2v) is 7.31. The number of carbonyl (C=O) groups is 2. The molecule has 0 bridgehead atoms. The fourth-order valence-electron chi connectivity index (χ4n) is 3.33. The first-order chi connectivity index (χ1) is 13.1. The van der Waals surface area contributed by atoms with Gasteiger partial charge in [0.25, 0.3) is 5.91 Å². The first kappa shape index (κ1) is 17.3. The summed E-state index contributed by atoms with van der Waals surface area (Å²) in [6.45, 7) is 2.23. The smallest absolute Gasteiger partial charge is 0.289 e. The first-order valence-electron chi connectivity index (χ1n) is 9.03. The van der Waals surface area contributed by atoms with E-state index in [0.29, 0.717) is 44.1 Å². The molecule has 8 nitrogen and oxygen atoms in total. The van der Waals surface area contributed by atoms with Crippen molar-refractivity contribution in [2.75, 3.05) is 19.6 Å². The van der Waals surface area contributed by atoms with E-state index in [-0.39, 0.29) is 23.1 Å². The van der Waals surface area contributed by atoms with Crippen LogP contribution in [-0.4, -0.2) is 51.3 Å². The van der Waals surface area contributed by atoms with E-state index in [1.165, 1.54) is 0 Å². The van der Waals surface area contributed by atoms with Crippen LogP contribution in [0.25, 0.3) is 0 Å². The number of likely N-dealkylation sites (tertiary alicyclic amines) is 1. The van der Waals surface area contributed by atoms with E-state index in [2.05, 4.69) is 21.5 Å². The Morgan fingerprint density at radius 1 is 1.37 bits per heavy atom. The minimum Gasteiger partial charge on any atom is -0.454 e. The van der Waals surface area contributed by atoms with Crippen molar-refractivity contribution in [1.29, 1.82) is 0 Å². The monoisotopic (exact) mass is 367 g/mol. The molecule has 27 heavy (non-hydrogen) atoms. The van der Waals surface area contributed by atoms with Gasteiger partial charge in [0, 0.05) is 38.2 Å². The molecule has 2 aliphatic rings. The molecule has 1 saturated heterocycles. The van der Waals surface area contributed by atoms with Crippen LogP contribution in [0.4, 0.5) is 0 Å². The molecule has 0 unspecified atom stereocenters. The minimum atomic E-state index is -0.331. The molecule has 2 fully saturated rings. The lowest BCUT2D eigenvalue weighted by atomic mass is 9.98. The SMILES string of the molecule is C#CCC1(C(=O)NCC2CN(C(=O)c3ccc(Cn4ccnn4)o3)C2)CC1. The number of furan rings is 1. The molecule has 2 aromatic heterocycles. The Morgan fingerprint density at radius 2 is 2.19 bits per heavy atom. The molecule has 0 aromatic carbocycles. The molecular formula is C19H21N5O3. The van der Waals surface area contributed by atoms with Crippen molar-refractivity contribution in [3.63, 3.8) is 0 Å². The molecule has 0 atom stereocenters. The molecule has 1 saturated carbocycles. The molecule has 4 rings (SSSR count). The molecule has 3 heterocycles. The van der Waals surface area contributed by atoms with Crippen molar-refractivity contribution in [2.45, 2.75) is 25.8 Å². The predicted molar refractivity (Wildman–Crippen MR) is 95.4 cm³/mol. The normalized spacial score (nSPS) is 17.8. The van der Waals surface area contributed by atoms with Crippen molar-refractivity contribution in [1.82, 2.24) is 25.2 Å². The van der Waals surface area contributed by atoms with Gasteiger partial charge in [-0.2, -0.15) is 0 Å². The number of amides is 2. The van der Waals surface area contributed by atoms with Crippen molar-refractivity contribution < 1.29 is 14.0 Å². The van der Waals surface area contributed by atoms with Crippen LogP contribution in [0.5, 0.6) is 0 Å². The number of rotatable bonds is 7. The third-order valence-electron chi connectivity index (χ3n) is 5.23. The molecule has 1 aliphatic carbocycles. The van der Waals surface area contributed by atoms with Crippen LogP contribution in [-0.2, 0) is 11.3 Å². The highest BCUT2D eigenvalue weighted by Gasteiger charge is 2.49. The second kappa shape index (κ2) is 6.91. The van der Waals surface area contributed by atoms with Gasteiger partial charge in [0.15, 0.2) is 5.76 Å². The number of nitrogens with zero attached hydrogens (tertiary/aromatic N) is 4. The zero-order valence-corrected chi connectivity index (χ0v) is 14.9. The molecule has 8 heteroatoms. The Kier molecular flexibility index (Phi) is 4.44. The summed E-state index contributed by atoms with van der Waals surface area (Å²) in [5.41, 5.74) is -0.331. The summed E-state index contributed by atoms with van der Waals surface area (Å²) in [5, 5.41) is 10.6. The molecule has 2 aromatic rings. The number of aromatic nitrogens is 3. The summed E-state index contributed by atoms with van der Waals surface area (Å²) in [7, 11) is 0.